The zero-order chi connectivity index (χ0) is 14.8. The van der Waals surface area contributed by atoms with E-state index >= 15 is 0 Å². The molecule has 0 unspecified atom stereocenters. The molecule has 20 heavy (non-hydrogen) atoms. The molecule has 0 spiro atoms. The number of nitrogens with one attached hydrogen (secondary N) is 3. The first-order chi connectivity index (χ1) is 9.67. The number of hydrogen-bond donors (Lipinski definition) is 3. The molecule has 2 amide bonds. The van der Waals surface area contributed by atoms with E-state index in [0.29, 0.717) is 24.2 Å². The number of benzene rings is 1. The van der Waals surface area contributed by atoms with Gasteiger partial charge in [0, 0.05) is 30.8 Å². The molecule has 1 aromatic carbocycles. The second-order valence-corrected chi connectivity index (χ2v) is 4.48. The predicted molar refractivity (Wildman–Crippen MR) is 80.9 cm³/mol. The van der Waals surface area contributed by atoms with Crippen LogP contribution in [0, 0.1) is 0 Å². The fraction of sp³-hybridized carbons (Fsp3) is 0.467. The SMILES string of the molecule is CCCC(=O)Nc1ccc(C(=O)NCCNCC)cc1. The Balaban J connectivity index is 2.45. The van der Waals surface area contributed by atoms with Gasteiger partial charge in [-0.25, -0.2) is 0 Å². The zero-order valence-corrected chi connectivity index (χ0v) is 12.2. The molecule has 0 radical (unpaired) electrons. The average Bonchev–Trinajstić information content (AvgIpc) is 2.44. The lowest BCUT2D eigenvalue weighted by Crippen LogP contribution is -2.31. The Bertz CT molecular complexity index is 429. The fourth-order valence-corrected chi connectivity index (χ4v) is 1.70. The topological polar surface area (TPSA) is 70.2 Å². The van der Waals surface area contributed by atoms with E-state index in [1.165, 1.54) is 0 Å². The smallest absolute Gasteiger partial charge is 0.251 e. The summed E-state index contributed by atoms with van der Waals surface area (Å²) >= 11 is 0. The fourth-order valence-electron chi connectivity index (χ4n) is 1.70. The zero-order valence-electron chi connectivity index (χ0n) is 12.2. The van der Waals surface area contributed by atoms with Gasteiger partial charge >= 0.3 is 0 Å². The molecule has 110 valence electrons. The molecular weight excluding hydrogens is 254 g/mol. The molecule has 0 aliphatic carbocycles. The minimum Gasteiger partial charge on any atom is -0.351 e. The van der Waals surface area contributed by atoms with Gasteiger partial charge in [-0.3, -0.25) is 9.59 Å². The van der Waals surface area contributed by atoms with Crippen LogP contribution in [0.25, 0.3) is 0 Å². The highest BCUT2D eigenvalue weighted by Gasteiger charge is 2.05. The first-order valence-electron chi connectivity index (χ1n) is 7.06. The molecule has 0 saturated carbocycles. The maximum Gasteiger partial charge on any atom is 0.251 e. The van der Waals surface area contributed by atoms with Crippen molar-refractivity contribution in [3.63, 3.8) is 0 Å². The molecule has 0 fully saturated rings. The maximum absolute atomic E-state index is 11.8. The van der Waals surface area contributed by atoms with Crippen molar-refractivity contribution in [3.8, 4) is 0 Å². The van der Waals surface area contributed by atoms with Gasteiger partial charge in [0.1, 0.15) is 0 Å². The third-order valence-electron chi connectivity index (χ3n) is 2.75. The highest BCUT2D eigenvalue weighted by Crippen LogP contribution is 2.10. The van der Waals surface area contributed by atoms with Crippen LogP contribution in [0.2, 0.25) is 0 Å². The Hall–Kier alpha value is -1.88. The quantitative estimate of drug-likeness (QED) is 0.634. The molecule has 0 saturated heterocycles. The number of likely N-dealkylation sites (N-methyl/N-ethyl adjacent to an activating group) is 1. The summed E-state index contributed by atoms with van der Waals surface area (Å²) in [6.45, 7) is 6.23. The molecule has 0 aromatic heterocycles. The largest absolute Gasteiger partial charge is 0.351 e. The first-order valence-corrected chi connectivity index (χ1v) is 7.06. The molecule has 0 aliphatic rings. The molecule has 5 heteroatoms. The van der Waals surface area contributed by atoms with E-state index in [-0.39, 0.29) is 11.8 Å². The Kier molecular flexibility index (Phi) is 7.35. The maximum atomic E-state index is 11.8. The monoisotopic (exact) mass is 277 g/mol. The van der Waals surface area contributed by atoms with Gasteiger partial charge < -0.3 is 16.0 Å². The van der Waals surface area contributed by atoms with Crippen molar-refractivity contribution in [3.05, 3.63) is 29.8 Å². The molecule has 5 nitrogen and oxygen atoms in total. The molecule has 0 heterocycles. The minimum absolute atomic E-state index is 0.00431. The van der Waals surface area contributed by atoms with Gasteiger partial charge in [0.2, 0.25) is 5.91 Å². The van der Waals surface area contributed by atoms with Crippen molar-refractivity contribution >= 4 is 17.5 Å². The van der Waals surface area contributed by atoms with Crippen molar-refractivity contribution in [2.24, 2.45) is 0 Å². The Labute approximate surface area is 120 Å². The van der Waals surface area contributed by atoms with Crippen LogP contribution in [-0.2, 0) is 4.79 Å². The van der Waals surface area contributed by atoms with Crippen LogP contribution >= 0.6 is 0 Å². The van der Waals surface area contributed by atoms with Gasteiger partial charge in [-0.2, -0.15) is 0 Å². The lowest BCUT2D eigenvalue weighted by Gasteiger charge is -2.07. The van der Waals surface area contributed by atoms with E-state index in [4.69, 9.17) is 0 Å². The number of rotatable bonds is 8. The van der Waals surface area contributed by atoms with Crippen molar-refractivity contribution in [2.75, 3.05) is 25.0 Å². The van der Waals surface area contributed by atoms with Gasteiger partial charge in [-0.1, -0.05) is 13.8 Å². The minimum atomic E-state index is -0.102. The lowest BCUT2D eigenvalue weighted by molar-refractivity contribution is -0.116. The van der Waals surface area contributed by atoms with Crippen LogP contribution in [0.3, 0.4) is 0 Å². The Morgan fingerprint density at radius 2 is 1.75 bits per heavy atom. The summed E-state index contributed by atoms with van der Waals surface area (Å²) in [6, 6.07) is 6.91. The number of hydrogen-bond acceptors (Lipinski definition) is 3. The van der Waals surface area contributed by atoms with Gasteiger partial charge in [0.25, 0.3) is 5.91 Å². The summed E-state index contributed by atoms with van der Waals surface area (Å²) in [6.07, 6.45) is 1.32. The molecule has 1 rings (SSSR count). The summed E-state index contributed by atoms with van der Waals surface area (Å²) < 4.78 is 0. The van der Waals surface area contributed by atoms with E-state index in [2.05, 4.69) is 16.0 Å². The summed E-state index contributed by atoms with van der Waals surface area (Å²) in [5.41, 5.74) is 1.31. The van der Waals surface area contributed by atoms with Crippen LogP contribution in [0.1, 0.15) is 37.0 Å². The summed E-state index contributed by atoms with van der Waals surface area (Å²) in [7, 11) is 0. The Morgan fingerprint density at radius 1 is 1.05 bits per heavy atom. The van der Waals surface area contributed by atoms with E-state index in [9.17, 15) is 9.59 Å². The standard InChI is InChI=1S/C15H23N3O2/c1-3-5-14(19)18-13-8-6-12(7-9-13)15(20)17-11-10-16-4-2/h6-9,16H,3-5,10-11H2,1-2H3,(H,17,20)(H,18,19). The second kappa shape index (κ2) is 9.09. The van der Waals surface area contributed by atoms with E-state index < -0.39 is 0 Å². The lowest BCUT2D eigenvalue weighted by atomic mass is 10.2. The average molecular weight is 277 g/mol. The van der Waals surface area contributed by atoms with Crippen LogP contribution in [0.15, 0.2) is 24.3 Å². The van der Waals surface area contributed by atoms with Crippen molar-refractivity contribution in [2.45, 2.75) is 26.7 Å². The number of carbonyl (C=O) groups excluding carboxylic acids is 2. The number of anilines is 1. The van der Waals surface area contributed by atoms with Crippen LogP contribution in [-0.4, -0.2) is 31.4 Å². The summed E-state index contributed by atoms with van der Waals surface area (Å²) in [5, 5.41) is 8.75. The molecule has 0 aliphatic heterocycles. The van der Waals surface area contributed by atoms with E-state index in [1.54, 1.807) is 24.3 Å². The third kappa shape index (κ3) is 5.84. The van der Waals surface area contributed by atoms with Crippen LogP contribution in [0.5, 0.6) is 0 Å². The van der Waals surface area contributed by atoms with Crippen LogP contribution in [0.4, 0.5) is 5.69 Å². The molecule has 1 aromatic rings. The highest BCUT2D eigenvalue weighted by atomic mass is 16.2. The van der Waals surface area contributed by atoms with Gasteiger partial charge in [-0.15, -0.1) is 0 Å². The van der Waals surface area contributed by atoms with Crippen molar-refractivity contribution < 1.29 is 9.59 Å². The molecular formula is C15H23N3O2. The van der Waals surface area contributed by atoms with E-state index in [0.717, 1.165) is 19.5 Å². The van der Waals surface area contributed by atoms with Crippen molar-refractivity contribution in [1.82, 2.24) is 10.6 Å². The van der Waals surface area contributed by atoms with E-state index in [1.807, 2.05) is 13.8 Å². The van der Waals surface area contributed by atoms with Gasteiger partial charge in [0.15, 0.2) is 0 Å². The van der Waals surface area contributed by atoms with Gasteiger partial charge in [0.05, 0.1) is 0 Å². The first kappa shape index (κ1) is 16.2. The molecule has 3 N–H and O–H groups in total. The highest BCUT2D eigenvalue weighted by molar-refractivity contribution is 5.95. The normalized spacial score (nSPS) is 10.1. The summed E-state index contributed by atoms with van der Waals surface area (Å²) in [5.74, 6) is -0.107. The van der Waals surface area contributed by atoms with Crippen molar-refractivity contribution in [1.29, 1.82) is 0 Å². The number of carbonyl (C=O) groups is 2. The predicted octanol–water partition coefficient (Wildman–Crippen LogP) is 1.76. The summed E-state index contributed by atoms with van der Waals surface area (Å²) in [4.78, 5) is 23.3. The Morgan fingerprint density at radius 3 is 2.35 bits per heavy atom. The van der Waals surface area contributed by atoms with Crippen LogP contribution < -0.4 is 16.0 Å². The number of amides is 2. The van der Waals surface area contributed by atoms with Gasteiger partial charge in [-0.05, 0) is 37.2 Å². The second-order valence-electron chi connectivity index (χ2n) is 4.48. The third-order valence-corrected chi connectivity index (χ3v) is 2.75. The molecule has 0 bridgehead atoms. The molecule has 0 atom stereocenters.